The molecule has 1 N–H and O–H groups in total. The Morgan fingerprint density at radius 3 is 2.09 bits per heavy atom. The summed E-state index contributed by atoms with van der Waals surface area (Å²) >= 11 is 0. The minimum Gasteiger partial charge on any atom is -0.392 e. The molecule has 0 aliphatic carbocycles. The van der Waals surface area contributed by atoms with E-state index in [0.717, 1.165) is 0 Å². The average Bonchev–Trinajstić information content (AvgIpc) is 2.05. The molecule has 1 aliphatic heterocycles. The van der Waals surface area contributed by atoms with Gasteiger partial charge in [-0.05, 0) is 39.8 Å². The molecule has 1 saturated heterocycles. The summed E-state index contributed by atoms with van der Waals surface area (Å²) in [6.07, 6.45) is 3.78. The molecule has 0 amide bonds. The number of hydrogen-bond acceptors (Lipinski definition) is 2. The minimum atomic E-state index is -0.187. The van der Waals surface area contributed by atoms with Crippen molar-refractivity contribution in [1.29, 1.82) is 0 Å². The van der Waals surface area contributed by atoms with Gasteiger partial charge in [-0.15, -0.1) is 0 Å². The first-order valence-corrected chi connectivity index (χ1v) is 4.64. The van der Waals surface area contributed by atoms with Crippen molar-refractivity contribution in [1.82, 2.24) is 4.90 Å². The predicted molar refractivity (Wildman–Crippen MR) is 46.6 cm³/mol. The van der Waals surface area contributed by atoms with Crippen LogP contribution in [0.1, 0.15) is 33.1 Å². The van der Waals surface area contributed by atoms with Crippen LogP contribution in [-0.4, -0.2) is 35.2 Å². The van der Waals surface area contributed by atoms with Crippen LogP contribution in [0, 0.1) is 0 Å². The molecule has 1 heterocycles. The number of nitrogens with zero attached hydrogens (tertiary/aromatic N) is 1. The lowest BCUT2D eigenvalue weighted by Crippen LogP contribution is -2.43. The fraction of sp³-hybridized carbons (Fsp3) is 1.00. The molecule has 0 radical (unpaired) electrons. The van der Waals surface area contributed by atoms with Crippen LogP contribution in [0.4, 0.5) is 0 Å². The van der Waals surface area contributed by atoms with Crippen LogP contribution < -0.4 is 0 Å². The Hall–Kier alpha value is -0.0800. The molecule has 11 heavy (non-hydrogen) atoms. The van der Waals surface area contributed by atoms with Gasteiger partial charge in [-0.1, -0.05) is 6.42 Å². The van der Waals surface area contributed by atoms with Crippen molar-refractivity contribution in [3.8, 4) is 0 Å². The summed E-state index contributed by atoms with van der Waals surface area (Å²) < 4.78 is 0. The van der Waals surface area contributed by atoms with Crippen LogP contribution in [0.25, 0.3) is 0 Å². The average molecular weight is 157 g/mol. The molecule has 0 unspecified atom stereocenters. The van der Waals surface area contributed by atoms with Crippen molar-refractivity contribution in [2.24, 2.45) is 0 Å². The highest BCUT2D eigenvalue weighted by Crippen LogP contribution is 2.13. The summed E-state index contributed by atoms with van der Waals surface area (Å²) in [7, 11) is 0. The second-order valence-electron chi connectivity index (χ2n) is 3.58. The Kier molecular flexibility index (Phi) is 3.34. The van der Waals surface area contributed by atoms with Gasteiger partial charge in [0.05, 0.1) is 6.10 Å². The van der Waals surface area contributed by atoms with Gasteiger partial charge in [-0.2, -0.15) is 0 Å². The molecule has 2 atom stereocenters. The van der Waals surface area contributed by atoms with Crippen molar-refractivity contribution in [3.05, 3.63) is 0 Å². The van der Waals surface area contributed by atoms with Crippen molar-refractivity contribution in [3.63, 3.8) is 0 Å². The van der Waals surface area contributed by atoms with E-state index >= 15 is 0 Å². The van der Waals surface area contributed by atoms with Gasteiger partial charge < -0.3 is 5.11 Å². The second-order valence-corrected chi connectivity index (χ2v) is 3.58. The zero-order chi connectivity index (χ0) is 8.27. The van der Waals surface area contributed by atoms with E-state index in [1.54, 1.807) is 0 Å². The van der Waals surface area contributed by atoms with Crippen LogP contribution in [0.3, 0.4) is 0 Å². The third kappa shape index (κ3) is 2.46. The van der Waals surface area contributed by atoms with E-state index in [1.807, 2.05) is 6.92 Å². The standard InChI is InChI=1S/C9H19NO/c1-8(9(2)11)10-6-4-3-5-7-10/h8-9,11H,3-7H2,1-2H3/t8-,9+/m1/s1. The van der Waals surface area contributed by atoms with E-state index in [9.17, 15) is 5.11 Å². The van der Waals surface area contributed by atoms with Gasteiger partial charge in [0, 0.05) is 6.04 Å². The van der Waals surface area contributed by atoms with Gasteiger partial charge >= 0.3 is 0 Å². The molecule has 1 fully saturated rings. The first-order chi connectivity index (χ1) is 5.22. The molecule has 0 aromatic heterocycles. The van der Waals surface area contributed by atoms with Gasteiger partial charge in [-0.3, -0.25) is 4.90 Å². The Labute approximate surface area is 69.2 Å². The summed E-state index contributed by atoms with van der Waals surface area (Å²) in [5.74, 6) is 0. The summed E-state index contributed by atoms with van der Waals surface area (Å²) in [5, 5.41) is 9.33. The molecule has 2 nitrogen and oxygen atoms in total. The molecule has 66 valence electrons. The van der Waals surface area contributed by atoms with E-state index in [1.165, 1.54) is 32.4 Å². The zero-order valence-corrected chi connectivity index (χ0v) is 7.58. The first-order valence-electron chi connectivity index (χ1n) is 4.64. The summed E-state index contributed by atoms with van der Waals surface area (Å²) in [6, 6.07) is 0.343. The van der Waals surface area contributed by atoms with Crippen LogP contribution >= 0.6 is 0 Å². The number of piperidine rings is 1. The monoisotopic (exact) mass is 157 g/mol. The number of aliphatic hydroxyl groups is 1. The molecule has 1 rings (SSSR count). The maximum atomic E-state index is 9.33. The Morgan fingerprint density at radius 2 is 1.64 bits per heavy atom. The molecule has 0 aromatic carbocycles. The smallest absolute Gasteiger partial charge is 0.0664 e. The number of rotatable bonds is 2. The van der Waals surface area contributed by atoms with Crippen molar-refractivity contribution in [2.75, 3.05) is 13.1 Å². The maximum Gasteiger partial charge on any atom is 0.0664 e. The highest BCUT2D eigenvalue weighted by atomic mass is 16.3. The Bertz CT molecular complexity index is 108. The Balaban J connectivity index is 2.32. The van der Waals surface area contributed by atoms with Crippen LogP contribution in [0.15, 0.2) is 0 Å². The first kappa shape index (κ1) is 9.01. The lowest BCUT2D eigenvalue weighted by Gasteiger charge is -2.33. The normalized spacial score (nSPS) is 26.5. The Morgan fingerprint density at radius 1 is 1.09 bits per heavy atom. The molecule has 0 aromatic rings. The van der Waals surface area contributed by atoms with E-state index in [4.69, 9.17) is 0 Å². The number of hydrogen-bond donors (Lipinski definition) is 1. The van der Waals surface area contributed by atoms with Crippen molar-refractivity contribution in [2.45, 2.75) is 45.3 Å². The topological polar surface area (TPSA) is 23.5 Å². The van der Waals surface area contributed by atoms with Gasteiger partial charge in [0.25, 0.3) is 0 Å². The molecular formula is C9H19NO. The zero-order valence-electron chi connectivity index (χ0n) is 7.58. The van der Waals surface area contributed by atoms with E-state index in [-0.39, 0.29) is 6.10 Å². The third-order valence-corrected chi connectivity index (χ3v) is 2.66. The van der Waals surface area contributed by atoms with Gasteiger partial charge in [0.2, 0.25) is 0 Å². The quantitative estimate of drug-likeness (QED) is 0.652. The lowest BCUT2D eigenvalue weighted by molar-refractivity contribution is 0.0591. The van der Waals surface area contributed by atoms with E-state index in [2.05, 4.69) is 11.8 Å². The van der Waals surface area contributed by atoms with Gasteiger partial charge in [0.1, 0.15) is 0 Å². The maximum absolute atomic E-state index is 9.33. The molecule has 0 bridgehead atoms. The fourth-order valence-electron chi connectivity index (χ4n) is 1.63. The van der Waals surface area contributed by atoms with Crippen molar-refractivity contribution >= 4 is 0 Å². The molecule has 0 spiro atoms. The van der Waals surface area contributed by atoms with Crippen LogP contribution in [-0.2, 0) is 0 Å². The van der Waals surface area contributed by atoms with Gasteiger partial charge in [0.15, 0.2) is 0 Å². The highest BCUT2D eigenvalue weighted by molar-refractivity contribution is 4.74. The number of likely N-dealkylation sites (tertiary alicyclic amines) is 1. The number of aliphatic hydroxyl groups excluding tert-OH is 1. The SMILES string of the molecule is C[C@H](O)[C@@H](C)N1CCCCC1. The van der Waals surface area contributed by atoms with E-state index < -0.39 is 0 Å². The molecule has 1 aliphatic rings. The predicted octanol–water partition coefficient (Wildman–Crippen LogP) is 1.24. The second kappa shape index (κ2) is 4.07. The summed E-state index contributed by atoms with van der Waals surface area (Å²) in [5.41, 5.74) is 0. The molecular weight excluding hydrogens is 138 g/mol. The van der Waals surface area contributed by atoms with Crippen LogP contribution in [0.2, 0.25) is 0 Å². The highest BCUT2D eigenvalue weighted by Gasteiger charge is 2.19. The van der Waals surface area contributed by atoms with E-state index in [0.29, 0.717) is 6.04 Å². The minimum absolute atomic E-state index is 0.187. The molecule has 0 saturated carbocycles. The van der Waals surface area contributed by atoms with Gasteiger partial charge in [-0.25, -0.2) is 0 Å². The van der Waals surface area contributed by atoms with Crippen molar-refractivity contribution < 1.29 is 5.11 Å². The summed E-state index contributed by atoms with van der Waals surface area (Å²) in [4.78, 5) is 2.38. The summed E-state index contributed by atoms with van der Waals surface area (Å²) in [6.45, 7) is 6.33. The third-order valence-electron chi connectivity index (χ3n) is 2.66. The lowest BCUT2D eigenvalue weighted by atomic mass is 10.1. The largest absolute Gasteiger partial charge is 0.392 e. The fourth-order valence-corrected chi connectivity index (χ4v) is 1.63. The van der Waals surface area contributed by atoms with Crippen LogP contribution in [0.5, 0.6) is 0 Å². The molecule has 2 heteroatoms.